The van der Waals surface area contributed by atoms with E-state index in [0.717, 1.165) is 47.0 Å². The topological polar surface area (TPSA) is 43.3 Å². The van der Waals surface area contributed by atoms with Crippen molar-refractivity contribution in [2.45, 2.75) is 58.6 Å². The van der Waals surface area contributed by atoms with Crippen LogP contribution in [0.4, 0.5) is 8.78 Å². The summed E-state index contributed by atoms with van der Waals surface area (Å²) in [6.45, 7) is 5.60. The molecule has 170 valence electrons. The number of fused-ring (bicyclic) bond motifs is 1. The second-order valence-electron chi connectivity index (χ2n) is 8.64. The molecule has 0 spiro atoms. The van der Waals surface area contributed by atoms with E-state index in [1.54, 1.807) is 4.57 Å². The quantitative estimate of drug-likeness (QED) is 0.505. The van der Waals surface area contributed by atoms with Gasteiger partial charge in [0.25, 0.3) is 6.43 Å². The molecule has 6 heteroatoms. The SMILES string of the molecule is Cc1ccc(C)c(Cn2c(C(F)F)c(CCC(=O)NCC3CCCO3)c3ccccc32)c1. The second kappa shape index (κ2) is 9.82. The molecule has 1 N–H and O–H groups in total. The van der Waals surface area contributed by atoms with Gasteiger partial charge in [-0.2, -0.15) is 0 Å². The smallest absolute Gasteiger partial charge is 0.278 e. The molecule has 32 heavy (non-hydrogen) atoms. The zero-order chi connectivity index (χ0) is 22.7. The van der Waals surface area contributed by atoms with Crippen LogP contribution in [0.1, 0.15) is 53.6 Å². The van der Waals surface area contributed by atoms with Gasteiger partial charge in [0.1, 0.15) is 0 Å². The molecule has 1 aromatic heterocycles. The predicted molar refractivity (Wildman–Crippen MR) is 122 cm³/mol. The Morgan fingerprint density at radius 1 is 1.22 bits per heavy atom. The Bertz CT molecular complexity index is 1100. The van der Waals surface area contributed by atoms with Crippen molar-refractivity contribution in [1.82, 2.24) is 9.88 Å². The summed E-state index contributed by atoms with van der Waals surface area (Å²) in [6.07, 6.45) is -0.159. The van der Waals surface area contributed by atoms with E-state index in [0.29, 0.717) is 18.7 Å². The molecular formula is C26H30F2N2O2. The number of aromatic nitrogens is 1. The summed E-state index contributed by atoms with van der Waals surface area (Å²) in [7, 11) is 0. The fourth-order valence-corrected chi connectivity index (χ4v) is 4.58. The van der Waals surface area contributed by atoms with Gasteiger partial charge in [0.2, 0.25) is 5.91 Å². The van der Waals surface area contributed by atoms with E-state index in [1.807, 2.05) is 50.2 Å². The summed E-state index contributed by atoms with van der Waals surface area (Å²) in [4.78, 5) is 12.4. The van der Waals surface area contributed by atoms with Gasteiger partial charge >= 0.3 is 0 Å². The molecule has 1 fully saturated rings. The van der Waals surface area contributed by atoms with Crippen LogP contribution in [0.3, 0.4) is 0 Å². The molecule has 0 bridgehead atoms. The number of hydrogen-bond acceptors (Lipinski definition) is 2. The fraction of sp³-hybridized carbons (Fsp3) is 0.423. The second-order valence-corrected chi connectivity index (χ2v) is 8.64. The first-order valence-electron chi connectivity index (χ1n) is 11.3. The Kier molecular flexibility index (Phi) is 6.89. The van der Waals surface area contributed by atoms with Crippen molar-refractivity contribution in [2.75, 3.05) is 13.2 Å². The maximum atomic E-state index is 14.3. The number of aryl methyl sites for hydroxylation is 3. The number of nitrogens with zero attached hydrogens (tertiary/aromatic N) is 1. The summed E-state index contributed by atoms with van der Waals surface area (Å²) in [5.74, 6) is -0.132. The van der Waals surface area contributed by atoms with Crippen LogP contribution in [-0.2, 0) is 22.5 Å². The van der Waals surface area contributed by atoms with Crippen LogP contribution in [0.2, 0.25) is 0 Å². The number of benzene rings is 2. The highest BCUT2D eigenvalue weighted by Crippen LogP contribution is 2.35. The van der Waals surface area contributed by atoms with E-state index in [9.17, 15) is 13.6 Å². The molecule has 0 aliphatic carbocycles. The lowest BCUT2D eigenvalue weighted by atomic mass is 10.0. The lowest BCUT2D eigenvalue weighted by molar-refractivity contribution is -0.121. The fourth-order valence-electron chi connectivity index (χ4n) is 4.58. The molecule has 3 aromatic rings. The number of rotatable bonds is 8. The van der Waals surface area contributed by atoms with E-state index >= 15 is 0 Å². The number of carbonyl (C=O) groups excluding carboxylic acids is 1. The van der Waals surface area contributed by atoms with Crippen LogP contribution in [-0.4, -0.2) is 29.7 Å². The highest BCUT2D eigenvalue weighted by Gasteiger charge is 2.25. The van der Waals surface area contributed by atoms with Crippen LogP contribution in [0.5, 0.6) is 0 Å². The molecule has 2 heterocycles. The molecule has 1 saturated heterocycles. The van der Waals surface area contributed by atoms with Crippen LogP contribution >= 0.6 is 0 Å². The molecule has 1 aliphatic rings. The third-order valence-corrected chi connectivity index (χ3v) is 6.31. The Morgan fingerprint density at radius 3 is 2.78 bits per heavy atom. The van der Waals surface area contributed by atoms with Gasteiger partial charge in [0.05, 0.1) is 11.8 Å². The Labute approximate surface area is 187 Å². The first-order chi connectivity index (χ1) is 15.4. The molecule has 0 saturated carbocycles. The lowest BCUT2D eigenvalue weighted by Gasteiger charge is -2.14. The average molecular weight is 441 g/mol. The van der Waals surface area contributed by atoms with Gasteiger partial charge in [-0.25, -0.2) is 8.78 Å². The molecule has 1 amide bonds. The van der Waals surface area contributed by atoms with Crippen LogP contribution in [0.15, 0.2) is 42.5 Å². The van der Waals surface area contributed by atoms with Gasteiger partial charge in [-0.1, -0.05) is 42.0 Å². The van der Waals surface area contributed by atoms with E-state index < -0.39 is 6.43 Å². The van der Waals surface area contributed by atoms with Gasteiger partial charge in [0.15, 0.2) is 0 Å². The summed E-state index contributed by atoms with van der Waals surface area (Å²) in [6, 6.07) is 13.6. The largest absolute Gasteiger partial charge is 0.376 e. The zero-order valence-electron chi connectivity index (χ0n) is 18.7. The summed E-state index contributed by atoms with van der Waals surface area (Å²) in [5.41, 5.74) is 4.55. The van der Waals surface area contributed by atoms with Gasteiger partial charge in [-0.05, 0) is 55.9 Å². The average Bonchev–Trinajstić information content (AvgIpc) is 3.40. The molecule has 1 atom stereocenters. The summed E-state index contributed by atoms with van der Waals surface area (Å²) < 4.78 is 36.0. The number of carbonyl (C=O) groups is 1. The Hall–Kier alpha value is -2.73. The monoisotopic (exact) mass is 440 g/mol. The number of halogens is 2. The van der Waals surface area contributed by atoms with E-state index in [-0.39, 0.29) is 30.5 Å². The zero-order valence-corrected chi connectivity index (χ0v) is 18.7. The molecule has 0 radical (unpaired) electrons. The van der Waals surface area contributed by atoms with Gasteiger partial charge < -0.3 is 14.6 Å². The highest BCUT2D eigenvalue weighted by atomic mass is 19.3. The minimum atomic E-state index is -2.63. The maximum absolute atomic E-state index is 14.3. The molecule has 1 unspecified atom stereocenters. The van der Waals surface area contributed by atoms with Crippen molar-refractivity contribution in [1.29, 1.82) is 0 Å². The van der Waals surface area contributed by atoms with Crippen molar-refractivity contribution >= 4 is 16.8 Å². The summed E-state index contributed by atoms with van der Waals surface area (Å²) >= 11 is 0. The molecule has 4 rings (SSSR count). The molecular weight excluding hydrogens is 410 g/mol. The molecule has 4 nitrogen and oxygen atoms in total. The predicted octanol–water partition coefficient (Wildman–Crippen LogP) is 5.47. The van der Waals surface area contributed by atoms with Gasteiger partial charge in [-0.15, -0.1) is 0 Å². The van der Waals surface area contributed by atoms with Crippen molar-refractivity contribution < 1.29 is 18.3 Å². The Balaban J connectivity index is 1.61. The van der Waals surface area contributed by atoms with Crippen molar-refractivity contribution in [3.05, 3.63) is 70.4 Å². The van der Waals surface area contributed by atoms with Gasteiger partial charge in [-0.3, -0.25) is 4.79 Å². The van der Waals surface area contributed by atoms with Crippen molar-refractivity contribution in [2.24, 2.45) is 0 Å². The minimum Gasteiger partial charge on any atom is -0.376 e. The number of hydrogen-bond donors (Lipinski definition) is 1. The summed E-state index contributed by atoms with van der Waals surface area (Å²) in [5, 5.41) is 3.69. The number of ether oxygens (including phenoxy) is 1. The molecule has 2 aromatic carbocycles. The Morgan fingerprint density at radius 2 is 2.03 bits per heavy atom. The first-order valence-corrected chi connectivity index (χ1v) is 11.3. The van der Waals surface area contributed by atoms with E-state index in [1.165, 1.54) is 0 Å². The minimum absolute atomic E-state index is 0.0130. The standard InChI is InChI=1S/C26H30F2N2O2/c1-17-9-10-18(2)19(14-17)16-30-23-8-4-3-7-21(23)22(25(30)26(27)28)11-12-24(31)29-15-20-6-5-13-32-20/h3-4,7-10,14,20,26H,5-6,11-13,15-16H2,1-2H3,(H,29,31). The third kappa shape index (κ3) is 4.85. The van der Waals surface area contributed by atoms with E-state index in [2.05, 4.69) is 11.4 Å². The van der Waals surface area contributed by atoms with Gasteiger partial charge in [0, 0.05) is 37.0 Å². The highest BCUT2D eigenvalue weighted by molar-refractivity contribution is 5.87. The van der Waals surface area contributed by atoms with Crippen molar-refractivity contribution in [3.8, 4) is 0 Å². The third-order valence-electron chi connectivity index (χ3n) is 6.31. The number of alkyl halides is 2. The van der Waals surface area contributed by atoms with Crippen LogP contribution in [0, 0.1) is 13.8 Å². The first kappa shape index (κ1) is 22.5. The van der Waals surface area contributed by atoms with Crippen LogP contribution in [0.25, 0.3) is 10.9 Å². The van der Waals surface area contributed by atoms with Crippen molar-refractivity contribution in [3.63, 3.8) is 0 Å². The van der Waals surface area contributed by atoms with E-state index in [4.69, 9.17) is 4.74 Å². The molecule has 1 aliphatic heterocycles. The number of nitrogens with one attached hydrogen (secondary N) is 1. The maximum Gasteiger partial charge on any atom is 0.278 e. The van der Waals surface area contributed by atoms with Crippen LogP contribution < -0.4 is 5.32 Å². The number of amides is 1. The normalized spacial score (nSPS) is 16.2. The lowest BCUT2D eigenvalue weighted by Crippen LogP contribution is -2.31. The number of para-hydroxylation sites is 1.